The van der Waals surface area contributed by atoms with Gasteiger partial charge in [-0.2, -0.15) is 0 Å². The van der Waals surface area contributed by atoms with Crippen molar-refractivity contribution in [2.75, 3.05) is 5.32 Å². The van der Waals surface area contributed by atoms with E-state index in [1.165, 1.54) is 12.1 Å². The highest BCUT2D eigenvalue weighted by molar-refractivity contribution is 5.61. The summed E-state index contributed by atoms with van der Waals surface area (Å²) >= 11 is 0. The van der Waals surface area contributed by atoms with Gasteiger partial charge in [0.25, 0.3) is 0 Å². The Hall–Kier alpha value is -2.69. The maximum Gasteiger partial charge on any atom is 0.123 e. The number of anilines is 1. The van der Waals surface area contributed by atoms with Gasteiger partial charge < -0.3 is 5.32 Å². The molecule has 21 heavy (non-hydrogen) atoms. The number of para-hydroxylation sites is 2. The maximum absolute atomic E-state index is 13.0. The van der Waals surface area contributed by atoms with Crippen molar-refractivity contribution in [3.63, 3.8) is 0 Å². The number of hydrogen-bond acceptors (Lipinski definition) is 3. The molecule has 0 radical (unpaired) electrons. The molecule has 5 heteroatoms. The van der Waals surface area contributed by atoms with Crippen molar-refractivity contribution >= 4 is 5.69 Å². The van der Waals surface area contributed by atoms with E-state index in [2.05, 4.69) is 15.6 Å². The highest BCUT2D eigenvalue weighted by Gasteiger charge is 2.09. The predicted octanol–water partition coefficient (Wildman–Crippen LogP) is 3.58. The predicted molar refractivity (Wildman–Crippen MR) is 79.8 cm³/mol. The third kappa shape index (κ3) is 2.91. The molecule has 1 N–H and O–H groups in total. The molecule has 0 amide bonds. The summed E-state index contributed by atoms with van der Waals surface area (Å²) in [6.07, 6.45) is 3.43. The number of nitrogens with zero attached hydrogens (tertiary/aromatic N) is 3. The molecule has 0 aliphatic carbocycles. The number of aromatic nitrogens is 3. The Morgan fingerprint density at radius 3 is 2.57 bits per heavy atom. The first kappa shape index (κ1) is 13.3. The van der Waals surface area contributed by atoms with Gasteiger partial charge in [0.15, 0.2) is 0 Å². The van der Waals surface area contributed by atoms with Crippen molar-refractivity contribution < 1.29 is 4.39 Å². The molecular weight excluding hydrogens is 267 g/mol. The molecule has 0 bridgehead atoms. The Morgan fingerprint density at radius 1 is 1.10 bits per heavy atom. The molecule has 3 rings (SSSR count). The van der Waals surface area contributed by atoms with Gasteiger partial charge in [0.2, 0.25) is 0 Å². The van der Waals surface area contributed by atoms with Crippen LogP contribution >= 0.6 is 0 Å². The standard InChI is InChI=1S/C16H15FN4/c1-12(13-6-8-14(17)9-7-13)19-15-4-2-3-5-16(15)21-11-10-18-20-21/h2-12,19H,1H3. The van der Waals surface area contributed by atoms with E-state index in [9.17, 15) is 4.39 Å². The number of hydrogen-bond donors (Lipinski definition) is 1. The van der Waals surface area contributed by atoms with Crippen LogP contribution in [0.2, 0.25) is 0 Å². The molecule has 1 unspecified atom stereocenters. The molecule has 0 saturated carbocycles. The van der Waals surface area contributed by atoms with Crippen molar-refractivity contribution in [1.29, 1.82) is 0 Å². The minimum atomic E-state index is -0.228. The average molecular weight is 282 g/mol. The number of halogens is 1. The van der Waals surface area contributed by atoms with E-state index in [0.717, 1.165) is 16.9 Å². The monoisotopic (exact) mass is 282 g/mol. The first-order valence-corrected chi connectivity index (χ1v) is 6.72. The van der Waals surface area contributed by atoms with Crippen LogP contribution < -0.4 is 5.32 Å². The summed E-state index contributed by atoms with van der Waals surface area (Å²) in [6.45, 7) is 2.03. The van der Waals surface area contributed by atoms with Crippen LogP contribution in [0.5, 0.6) is 0 Å². The lowest BCUT2D eigenvalue weighted by Crippen LogP contribution is -2.09. The average Bonchev–Trinajstić information content (AvgIpc) is 3.02. The molecule has 1 atom stereocenters. The van der Waals surface area contributed by atoms with Gasteiger partial charge in [0.05, 0.1) is 23.8 Å². The molecule has 2 aromatic carbocycles. The van der Waals surface area contributed by atoms with Crippen LogP contribution in [0.1, 0.15) is 18.5 Å². The van der Waals surface area contributed by atoms with Crippen LogP contribution in [0.15, 0.2) is 60.9 Å². The van der Waals surface area contributed by atoms with Crippen molar-refractivity contribution in [1.82, 2.24) is 15.0 Å². The third-order valence-corrected chi connectivity index (χ3v) is 3.32. The normalized spacial score (nSPS) is 12.1. The van der Waals surface area contributed by atoms with Gasteiger partial charge in [0.1, 0.15) is 5.82 Å². The first-order valence-electron chi connectivity index (χ1n) is 6.72. The van der Waals surface area contributed by atoms with Gasteiger partial charge in [-0.25, -0.2) is 9.07 Å². The van der Waals surface area contributed by atoms with E-state index in [4.69, 9.17) is 0 Å². The molecule has 0 aliphatic rings. The molecule has 3 aromatic rings. The second kappa shape index (κ2) is 5.75. The van der Waals surface area contributed by atoms with Gasteiger partial charge >= 0.3 is 0 Å². The Bertz CT molecular complexity index is 707. The van der Waals surface area contributed by atoms with E-state index >= 15 is 0 Å². The highest BCUT2D eigenvalue weighted by Crippen LogP contribution is 2.24. The summed E-state index contributed by atoms with van der Waals surface area (Å²) in [5.41, 5.74) is 2.88. The molecule has 1 aromatic heterocycles. The third-order valence-electron chi connectivity index (χ3n) is 3.32. The SMILES string of the molecule is CC(Nc1ccccc1-n1ccnn1)c1ccc(F)cc1. The zero-order valence-electron chi connectivity index (χ0n) is 11.6. The van der Waals surface area contributed by atoms with Crippen LogP contribution in [0, 0.1) is 5.82 Å². The van der Waals surface area contributed by atoms with E-state index in [1.807, 2.05) is 31.2 Å². The molecule has 1 heterocycles. The van der Waals surface area contributed by atoms with Crippen molar-refractivity contribution in [2.45, 2.75) is 13.0 Å². The van der Waals surface area contributed by atoms with E-state index in [1.54, 1.807) is 29.2 Å². The fourth-order valence-electron chi connectivity index (χ4n) is 2.20. The van der Waals surface area contributed by atoms with Crippen LogP contribution in [0.25, 0.3) is 5.69 Å². The smallest absolute Gasteiger partial charge is 0.123 e. The Balaban J connectivity index is 1.86. The van der Waals surface area contributed by atoms with E-state index < -0.39 is 0 Å². The molecule has 0 aliphatic heterocycles. The Labute approximate surface area is 122 Å². The minimum absolute atomic E-state index is 0.0512. The molecule has 0 saturated heterocycles. The second-order valence-electron chi connectivity index (χ2n) is 4.78. The number of rotatable bonds is 4. The Morgan fingerprint density at radius 2 is 1.86 bits per heavy atom. The van der Waals surface area contributed by atoms with Gasteiger partial charge in [-0.1, -0.05) is 29.5 Å². The summed E-state index contributed by atoms with van der Waals surface area (Å²) in [4.78, 5) is 0. The zero-order valence-corrected chi connectivity index (χ0v) is 11.6. The number of benzene rings is 2. The fraction of sp³-hybridized carbons (Fsp3) is 0.125. The summed E-state index contributed by atoms with van der Waals surface area (Å²) in [6, 6.07) is 14.4. The van der Waals surface area contributed by atoms with Crippen molar-refractivity contribution in [3.05, 3.63) is 72.3 Å². The molecule has 0 fully saturated rings. The molecule has 4 nitrogen and oxygen atoms in total. The molecule has 106 valence electrons. The topological polar surface area (TPSA) is 42.7 Å². The minimum Gasteiger partial charge on any atom is -0.377 e. The Kier molecular flexibility index (Phi) is 3.64. The molecule has 0 spiro atoms. The van der Waals surface area contributed by atoms with Crippen LogP contribution in [-0.4, -0.2) is 15.0 Å². The first-order chi connectivity index (χ1) is 10.2. The zero-order chi connectivity index (χ0) is 14.7. The van der Waals surface area contributed by atoms with Crippen molar-refractivity contribution in [3.8, 4) is 5.69 Å². The lowest BCUT2D eigenvalue weighted by atomic mass is 10.1. The van der Waals surface area contributed by atoms with Crippen LogP contribution in [-0.2, 0) is 0 Å². The fourth-order valence-corrected chi connectivity index (χ4v) is 2.20. The van der Waals surface area contributed by atoms with Crippen LogP contribution in [0.4, 0.5) is 10.1 Å². The number of nitrogens with one attached hydrogen (secondary N) is 1. The highest BCUT2D eigenvalue weighted by atomic mass is 19.1. The van der Waals surface area contributed by atoms with E-state index in [-0.39, 0.29) is 11.9 Å². The largest absolute Gasteiger partial charge is 0.377 e. The van der Waals surface area contributed by atoms with Gasteiger partial charge in [-0.3, -0.25) is 0 Å². The van der Waals surface area contributed by atoms with Crippen molar-refractivity contribution in [2.24, 2.45) is 0 Å². The maximum atomic E-state index is 13.0. The summed E-state index contributed by atoms with van der Waals surface area (Å²) < 4.78 is 14.7. The summed E-state index contributed by atoms with van der Waals surface area (Å²) in [5.74, 6) is -0.228. The van der Waals surface area contributed by atoms with Gasteiger partial charge in [0, 0.05) is 6.04 Å². The quantitative estimate of drug-likeness (QED) is 0.795. The second-order valence-corrected chi connectivity index (χ2v) is 4.78. The van der Waals surface area contributed by atoms with E-state index in [0.29, 0.717) is 0 Å². The summed E-state index contributed by atoms with van der Waals surface area (Å²) in [5, 5.41) is 11.3. The van der Waals surface area contributed by atoms with Gasteiger partial charge in [-0.15, -0.1) is 5.10 Å². The molecular formula is C16H15FN4. The van der Waals surface area contributed by atoms with Crippen LogP contribution in [0.3, 0.4) is 0 Å². The van der Waals surface area contributed by atoms with Gasteiger partial charge in [-0.05, 0) is 36.8 Å². The lowest BCUT2D eigenvalue weighted by molar-refractivity contribution is 0.626. The lowest BCUT2D eigenvalue weighted by Gasteiger charge is -2.18. The summed E-state index contributed by atoms with van der Waals surface area (Å²) in [7, 11) is 0.